The third-order valence-electron chi connectivity index (χ3n) is 1.91. The number of sulfone groups is 1. The Morgan fingerprint density at radius 3 is 2.33 bits per heavy atom. The predicted molar refractivity (Wildman–Crippen MR) is 51.1 cm³/mol. The zero-order valence-electron chi connectivity index (χ0n) is 6.50. The first-order valence-electron chi connectivity index (χ1n) is 3.52. The number of hydrogen-bond acceptors (Lipinski definition) is 3. The molecule has 1 rings (SSSR count). The van der Waals surface area contributed by atoms with Crippen LogP contribution >= 0.6 is 27.5 Å². The fraction of sp³-hybridized carbons (Fsp3) is 1.00. The molecule has 0 aliphatic heterocycles. The molecule has 0 aromatic carbocycles. The van der Waals surface area contributed by atoms with Crippen LogP contribution in [0.15, 0.2) is 0 Å². The molecule has 0 saturated heterocycles. The molecule has 0 radical (unpaired) electrons. The van der Waals surface area contributed by atoms with Crippen molar-refractivity contribution in [3.63, 3.8) is 0 Å². The van der Waals surface area contributed by atoms with Crippen LogP contribution < -0.4 is 0 Å². The van der Waals surface area contributed by atoms with Crippen LogP contribution in [0.25, 0.3) is 0 Å². The summed E-state index contributed by atoms with van der Waals surface area (Å²) in [5.74, 6) is 0.0246. The van der Waals surface area contributed by atoms with Gasteiger partial charge in [0.25, 0.3) is 0 Å². The molecule has 0 aromatic heterocycles. The maximum Gasteiger partial charge on any atom is 0.224 e. The van der Waals surface area contributed by atoms with Crippen molar-refractivity contribution in [3.8, 4) is 0 Å². The molecule has 1 aliphatic carbocycles. The first-order chi connectivity index (χ1) is 5.27. The zero-order chi connectivity index (χ0) is 9.57. The van der Waals surface area contributed by atoms with E-state index in [4.69, 9.17) is 11.6 Å². The van der Waals surface area contributed by atoms with Crippen LogP contribution in [0.4, 0.5) is 0 Å². The van der Waals surface area contributed by atoms with Crippen LogP contribution in [0.2, 0.25) is 0 Å². The van der Waals surface area contributed by atoms with E-state index in [1.807, 2.05) is 0 Å². The fourth-order valence-electron chi connectivity index (χ4n) is 0.906. The molecule has 1 saturated carbocycles. The molecular formula is C6H10BrClO3S. The Morgan fingerprint density at radius 2 is 2.08 bits per heavy atom. The monoisotopic (exact) mass is 276 g/mol. The first kappa shape index (κ1) is 10.8. The summed E-state index contributed by atoms with van der Waals surface area (Å²) < 4.78 is 20.5. The summed E-state index contributed by atoms with van der Waals surface area (Å²) in [6.45, 7) is 0. The van der Waals surface area contributed by atoms with Gasteiger partial charge in [-0.1, -0.05) is 11.6 Å². The van der Waals surface area contributed by atoms with Gasteiger partial charge in [-0.2, -0.15) is 0 Å². The molecule has 3 nitrogen and oxygen atoms in total. The number of aliphatic hydroxyl groups is 1. The Hall–Kier alpha value is 0.680. The Balaban J connectivity index is 2.83. The van der Waals surface area contributed by atoms with Gasteiger partial charge < -0.3 is 5.11 Å². The van der Waals surface area contributed by atoms with Crippen LogP contribution in [0, 0.1) is 5.92 Å². The Bertz CT molecular complexity index is 271. The number of hydrogen-bond donors (Lipinski definition) is 1. The lowest BCUT2D eigenvalue weighted by atomic mass is 10.3. The fourth-order valence-corrected chi connectivity index (χ4v) is 2.09. The summed E-state index contributed by atoms with van der Waals surface area (Å²) >= 11 is 8.51. The van der Waals surface area contributed by atoms with Crippen molar-refractivity contribution in [2.24, 2.45) is 5.92 Å². The lowest BCUT2D eigenvalue weighted by Gasteiger charge is -2.23. The topological polar surface area (TPSA) is 54.4 Å². The molecule has 0 bridgehead atoms. The smallest absolute Gasteiger partial charge is 0.224 e. The van der Waals surface area contributed by atoms with Crippen molar-refractivity contribution in [2.45, 2.75) is 22.1 Å². The van der Waals surface area contributed by atoms with Gasteiger partial charge in [-0.3, -0.25) is 0 Å². The number of alkyl halides is 2. The summed E-state index contributed by atoms with van der Waals surface area (Å²) in [7, 11) is -3.47. The highest BCUT2D eigenvalue weighted by Gasteiger charge is 2.49. The Labute approximate surface area is 85.1 Å². The van der Waals surface area contributed by atoms with Crippen molar-refractivity contribution >= 4 is 37.4 Å². The third-order valence-corrected chi connectivity index (χ3v) is 6.44. The predicted octanol–water partition coefficient (Wildman–Crippen LogP) is 1.09. The summed E-state index contributed by atoms with van der Waals surface area (Å²) in [5, 5.41) is 9.49. The average Bonchev–Trinajstić information content (AvgIpc) is 2.64. The van der Waals surface area contributed by atoms with Crippen molar-refractivity contribution in [1.82, 2.24) is 0 Å². The van der Waals surface area contributed by atoms with E-state index in [9.17, 15) is 13.5 Å². The quantitative estimate of drug-likeness (QED) is 0.786. The van der Waals surface area contributed by atoms with Crippen molar-refractivity contribution in [2.75, 3.05) is 6.26 Å². The number of aliphatic hydroxyl groups excluding tert-OH is 1. The highest BCUT2D eigenvalue weighted by atomic mass is 79.9. The highest BCUT2D eigenvalue weighted by Crippen LogP contribution is 2.45. The van der Waals surface area contributed by atoms with E-state index >= 15 is 0 Å². The van der Waals surface area contributed by atoms with Gasteiger partial charge in [-0.05, 0) is 34.7 Å². The molecular weight excluding hydrogens is 267 g/mol. The van der Waals surface area contributed by atoms with Gasteiger partial charge in [0, 0.05) is 6.26 Å². The maximum absolute atomic E-state index is 11.1. The number of halogens is 2. The van der Waals surface area contributed by atoms with Gasteiger partial charge in [-0.25, -0.2) is 8.42 Å². The van der Waals surface area contributed by atoms with Gasteiger partial charge in [0.2, 0.25) is 3.12 Å². The van der Waals surface area contributed by atoms with Crippen molar-refractivity contribution in [3.05, 3.63) is 0 Å². The molecule has 1 N–H and O–H groups in total. The van der Waals surface area contributed by atoms with E-state index in [2.05, 4.69) is 15.9 Å². The van der Waals surface area contributed by atoms with Gasteiger partial charge in [-0.15, -0.1) is 0 Å². The van der Waals surface area contributed by atoms with Crippen LogP contribution in [0.3, 0.4) is 0 Å². The van der Waals surface area contributed by atoms with Gasteiger partial charge in [0.15, 0.2) is 9.84 Å². The van der Waals surface area contributed by atoms with E-state index in [0.29, 0.717) is 0 Å². The lowest BCUT2D eigenvalue weighted by Crippen LogP contribution is -2.39. The van der Waals surface area contributed by atoms with Gasteiger partial charge in [0.05, 0.1) is 0 Å². The Kier molecular flexibility index (Phi) is 2.79. The molecule has 0 amide bonds. The minimum Gasteiger partial charge on any atom is -0.389 e. The normalized spacial score (nSPS) is 26.3. The maximum atomic E-state index is 11.1. The first-order valence-corrected chi connectivity index (χ1v) is 6.58. The van der Waals surface area contributed by atoms with E-state index in [-0.39, 0.29) is 5.92 Å². The molecule has 6 heteroatoms. The molecule has 72 valence electrons. The second-order valence-corrected chi connectivity index (χ2v) is 8.36. The summed E-state index contributed by atoms with van der Waals surface area (Å²) in [4.78, 5) is 0. The molecule has 0 heterocycles. The Morgan fingerprint density at radius 1 is 1.67 bits per heavy atom. The molecule has 1 aliphatic rings. The van der Waals surface area contributed by atoms with Crippen LogP contribution in [-0.2, 0) is 9.84 Å². The standard InChI is InChI=1S/C6H10BrClO3S/c1-12(10,11)6(7,8)5(9)4-2-3-4/h4-5,9H,2-3H2,1H3/t5-,6+/m1/s1. The molecule has 1 fully saturated rings. The van der Waals surface area contributed by atoms with E-state index < -0.39 is 19.1 Å². The zero-order valence-corrected chi connectivity index (χ0v) is 9.66. The minimum atomic E-state index is -3.47. The minimum absolute atomic E-state index is 0.0246. The third kappa shape index (κ3) is 1.95. The van der Waals surface area contributed by atoms with Crippen LogP contribution in [-0.4, -0.2) is 29.0 Å². The van der Waals surface area contributed by atoms with Crippen LogP contribution in [0.5, 0.6) is 0 Å². The van der Waals surface area contributed by atoms with E-state index in [1.54, 1.807) is 0 Å². The SMILES string of the molecule is CS(=O)(=O)[C@](Cl)(Br)[C@H](O)C1CC1. The van der Waals surface area contributed by atoms with Gasteiger partial charge in [0.1, 0.15) is 6.10 Å². The summed E-state index contributed by atoms with van der Waals surface area (Å²) in [5.41, 5.74) is 0. The second kappa shape index (κ2) is 3.12. The summed E-state index contributed by atoms with van der Waals surface area (Å²) in [6.07, 6.45) is 1.67. The highest BCUT2D eigenvalue weighted by molar-refractivity contribution is 9.12. The van der Waals surface area contributed by atoms with Gasteiger partial charge >= 0.3 is 0 Å². The van der Waals surface area contributed by atoms with Crippen LogP contribution in [0.1, 0.15) is 12.8 Å². The molecule has 0 unspecified atom stereocenters. The summed E-state index contributed by atoms with van der Waals surface area (Å²) in [6, 6.07) is 0. The average molecular weight is 278 g/mol. The van der Waals surface area contributed by atoms with E-state index in [0.717, 1.165) is 19.1 Å². The van der Waals surface area contributed by atoms with Crippen molar-refractivity contribution < 1.29 is 13.5 Å². The van der Waals surface area contributed by atoms with Crippen molar-refractivity contribution in [1.29, 1.82) is 0 Å². The molecule has 0 spiro atoms. The van der Waals surface area contributed by atoms with E-state index in [1.165, 1.54) is 0 Å². The second-order valence-electron chi connectivity index (χ2n) is 3.12. The molecule has 2 atom stereocenters. The number of rotatable bonds is 3. The largest absolute Gasteiger partial charge is 0.389 e. The molecule has 12 heavy (non-hydrogen) atoms. The molecule has 0 aromatic rings. The lowest BCUT2D eigenvalue weighted by molar-refractivity contribution is 0.158.